The Morgan fingerprint density at radius 3 is 2.26 bits per heavy atom. The molecule has 1 unspecified atom stereocenters. The smallest absolute Gasteiger partial charge is 0.339 e. The highest BCUT2D eigenvalue weighted by molar-refractivity contribution is 7.89. The number of piperazine rings is 1. The van der Waals surface area contributed by atoms with Crippen LogP contribution in [0.25, 0.3) is 0 Å². The number of carbonyl (C=O) groups is 2. The first kappa shape index (κ1) is 22.1. The van der Waals surface area contributed by atoms with Crippen LogP contribution in [-0.4, -0.2) is 61.3 Å². The van der Waals surface area contributed by atoms with Crippen molar-refractivity contribution in [3.63, 3.8) is 0 Å². The van der Waals surface area contributed by atoms with E-state index in [0.717, 1.165) is 5.56 Å². The maximum absolute atomic E-state index is 13.2. The van der Waals surface area contributed by atoms with E-state index in [-0.39, 0.29) is 53.4 Å². The first-order valence-electron chi connectivity index (χ1n) is 9.68. The summed E-state index contributed by atoms with van der Waals surface area (Å²) in [5.41, 5.74) is -0.122. The third-order valence-corrected chi connectivity index (χ3v) is 8.43. The Morgan fingerprint density at radius 2 is 1.61 bits per heavy atom. The van der Waals surface area contributed by atoms with Crippen LogP contribution < -0.4 is 0 Å². The Kier molecular flexibility index (Phi) is 5.76. The summed E-state index contributed by atoms with van der Waals surface area (Å²) in [7, 11) is -3.92. The van der Waals surface area contributed by atoms with E-state index >= 15 is 0 Å². The number of fused-ring (bicyclic) bond motifs is 1. The molecule has 2 aliphatic rings. The zero-order valence-corrected chi connectivity index (χ0v) is 19.0. The van der Waals surface area contributed by atoms with Gasteiger partial charge in [0.1, 0.15) is 4.90 Å². The number of halogens is 2. The maximum atomic E-state index is 13.2. The Balaban J connectivity index is 1.49. The van der Waals surface area contributed by atoms with E-state index in [2.05, 4.69) is 0 Å². The van der Waals surface area contributed by atoms with Crippen LogP contribution in [0, 0.1) is 0 Å². The van der Waals surface area contributed by atoms with Crippen LogP contribution in [0.15, 0.2) is 47.4 Å². The van der Waals surface area contributed by atoms with Gasteiger partial charge < -0.3 is 9.64 Å². The van der Waals surface area contributed by atoms with Crippen LogP contribution in [0.2, 0.25) is 10.0 Å². The molecule has 0 saturated carbocycles. The number of cyclic esters (lactones) is 1. The minimum absolute atomic E-state index is 0.0475. The molecule has 0 spiro atoms. The largest absolute Gasteiger partial charge is 0.445 e. The molecular formula is C21H20Cl2N2O5S. The van der Waals surface area contributed by atoms with Crippen molar-refractivity contribution in [1.29, 1.82) is 0 Å². The van der Waals surface area contributed by atoms with Gasteiger partial charge in [-0.1, -0.05) is 47.5 Å². The molecule has 7 nitrogen and oxygen atoms in total. The molecule has 2 aromatic rings. The third-order valence-electron chi connectivity index (χ3n) is 5.58. The van der Waals surface area contributed by atoms with Crippen molar-refractivity contribution in [1.82, 2.24) is 9.21 Å². The highest BCUT2D eigenvalue weighted by Crippen LogP contribution is 2.33. The number of hydrogen-bond acceptors (Lipinski definition) is 5. The zero-order valence-electron chi connectivity index (χ0n) is 16.7. The van der Waals surface area contributed by atoms with Gasteiger partial charge in [0.15, 0.2) is 5.60 Å². The second-order valence-corrected chi connectivity index (χ2v) is 10.4. The summed E-state index contributed by atoms with van der Waals surface area (Å²) in [6, 6.07) is 11.5. The quantitative estimate of drug-likeness (QED) is 0.627. The Hall–Kier alpha value is -2.13. The van der Waals surface area contributed by atoms with Crippen molar-refractivity contribution >= 4 is 45.1 Å². The topological polar surface area (TPSA) is 84.0 Å². The number of esters is 1. The lowest BCUT2D eigenvalue weighted by atomic mass is 9.89. The van der Waals surface area contributed by atoms with E-state index in [9.17, 15) is 18.0 Å². The molecule has 2 aliphatic heterocycles. The number of ether oxygens (including phenoxy) is 1. The second-order valence-electron chi connectivity index (χ2n) is 7.70. The molecule has 31 heavy (non-hydrogen) atoms. The zero-order chi connectivity index (χ0) is 22.4. The van der Waals surface area contributed by atoms with Crippen LogP contribution in [0.5, 0.6) is 0 Å². The number of nitrogens with zero attached hydrogens (tertiary/aromatic N) is 2. The molecule has 0 bridgehead atoms. The molecule has 4 rings (SSSR count). The molecule has 1 fully saturated rings. The predicted octanol–water partition coefficient (Wildman–Crippen LogP) is 3.00. The van der Waals surface area contributed by atoms with Crippen LogP contribution in [0.1, 0.15) is 22.8 Å². The minimum Gasteiger partial charge on any atom is -0.445 e. The molecule has 1 amide bonds. The molecule has 10 heteroatoms. The SMILES string of the molecule is CC1(C(=O)N2CCN(S(=O)(=O)c3c(Cl)cccc3Cl)CC2)Cc2ccccc2C(=O)O1. The molecule has 0 aromatic heterocycles. The molecule has 0 N–H and O–H groups in total. The van der Waals surface area contributed by atoms with Crippen molar-refractivity contribution in [2.24, 2.45) is 0 Å². The average Bonchev–Trinajstić information content (AvgIpc) is 2.73. The predicted molar refractivity (Wildman–Crippen MR) is 116 cm³/mol. The van der Waals surface area contributed by atoms with E-state index in [0.29, 0.717) is 5.56 Å². The Labute approximate surface area is 190 Å². The van der Waals surface area contributed by atoms with Crippen LogP contribution >= 0.6 is 23.2 Å². The highest BCUT2D eigenvalue weighted by Gasteiger charge is 2.46. The second kappa shape index (κ2) is 8.09. The minimum atomic E-state index is -3.92. The fourth-order valence-electron chi connectivity index (χ4n) is 3.98. The number of rotatable bonds is 3. The first-order chi connectivity index (χ1) is 14.6. The first-order valence-corrected chi connectivity index (χ1v) is 11.9. The number of hydrogen-bond donors (Lipinski definition) is 0. The van der Waals surface area contributed by atoms with Gasteiger partial charge in [0, 0.05) is 32.6 Å². The highest BCUT2D eigenvalue weighted by atomic mass is 35.5. The molecule has 2 aromatic carbocycles. The molecule has 1 saturated heterocycles. The molecule has 0 radical (unpaired) electrons. The van der Waals surface area contributed by atoms with E-state index in [1.165, 1.54) is 21.3 Å². The molecule has 164 valence electrons. The van der Waals surface area contributed by atoms with E-state index in [4.69, 9.17) is 27.9 Å². The Morgan fingerprint density at radius 1 is 1.00 bits per heavy atom. The van der Waals surface area contributed by atoms with Crippen molar-refractivity contribution in [3.05, 3.63) is 63.6 Å². The molecule has 1 atom stereocenters. The standard InChI is InChI=1S/C21H20Cl2N2O5S/c1-21(13-14-5-2-3-6-15(14)19(26)30-21)20(27)24-9-11-25(12-10-24)31(28,29)18-16(22)7-4-8-17(18)23/h2-8H,9-13H2,1H3. The van der Waals surface area contributed by atoms with Gasteiger partial charge >= 0.3 is 5.97 Å². The van der Waals surface area contributed by atoms with Crippen LogP contribution in [0.4, 0.5) is 0 Å². The summed E-state index contributed by atoms with van der Waals surface area (Å²) < 4.78 is 32.8. The van der Waals surface area contributed by atoms with Gasteiger partial charge in [0.05, 0.1) is 15.6 Å². The maximum Gasteiger partial charge on any atom is 0.339 e. The Bertz CT molecular complexity index is 1140. The molecule has 2 heterocycles. The van der Waals surface area contributed by atoms with Gasteiger partial charge in [-0.2, -0.15) is 4.31 Å². The summed E-state index contributed by atoms with van der Waals surface area (Å²) in [5, 5.41) is 0.0950. The van der Waals surface area contributed by atoms with Gasteiger partial charge in [0.2, 0.25) is 10.0 Å². The van der Waals surface area contributed by atoms with Crippen molar-refractivity contribution in [2.75, 3.05) is 26.2 Å². The summed E-state index contributed by atoms with van der Waals surface area (Å²) in [6.07, 6.45) is 0.265. The van der Waals surface area contributed by atoms with Gasteiger partial charge in [0.25, 0.3) is 5.91 Å². The average molecular weight is 483 g/mol. The summed E-state index contributed by atoms with van der Waals surface area (Å²) in [6.45, 7) is 2.08. The third kappa shape index (κ3) is 3.93. The summed E-state index contributed by atoms with van der Waals surface area (Å²) in [5.74, 6) is -0.879. The lowest BCUT2D eigenvalue weighted by Crippen LogP contribution is -2.58. The number of benzene rings is 2. The lowest BCUT2D eigenvalue weighted by molar-refractivity contribution is -0.152. The number of carbonyl (C=O) groups excluding carboxylic acids is 2. The summed E-state index contributed by atoms with van der Waals surface area (Å²) in [4.78, 5) is 27.0. The lowest BCUT2D eigenvalue weighted by Gasteiger charge is -2.40. The summed E-state index contributed by atoms with van der Waals surface area (Å²) >= 11 is 12.2. The van der Waals surface area contributed by atoms with Gasteiger partial charge in [-0.05, 0) is 30.7 Å². The van der Waals surface area contributed by atoms with Gasteiger partial charge in [-0.15, -0.1) is 0 Å². The fourth-order valence-corrected chi connectivity index (χ4v) is 6.49. The van der Waals surface area contributed by atoms with Gasteiger partial charge in [-0.25, -0.2) is 13.2 Å². The van der Waals surface area contributed by atoms with Crippen LogP contribution in [0.3, 0.4) is 0 Å². The number of amides is 1. The van der Waals surface area contributed by atoms with Gasteiger partial charge in [-0.3, -0.25) is 4.79 Å². The normalized spacial score (nSPS) is 22.0. The van der Waals surface area contributed by atoms with E-state index in [1.807, 2.05) is 6.07 Å². The monoisotopic (exact) mass is 482 g/mol. The van der Waals surface area contributed by atoms with Crippen molar-refractivity contribution in [2.45, 2.75) is 23.8 Å². The molecular weight excluding hydrogens is 463 g/mol. The van der Waals surface area contributed by atoms with Crippen molar-refractivity contribution in [3.8, 4) is 0 Å². The van der Waals surface area contributed by atoms with E-state index in [1.54, 1.807) is 31.2 Å². The van der Waals surface area contributed by atoms with E-state index < -0.39 is 21.6 Å². The van der Waals surface area contributed by atoms with Crippen LogP contribution in [-0.2, 0) is 26.0 Å². The van der Waals surface area contributed by atoms with Crippen molar-refractivity contribution < 1.29 is 22.7 Å². The fraction of sp³-hybridized carbons (Fsp3) is 0.333. The molecule has 0 aliphatic carbocycles. The number of sulfonamides is 1.